The monoisotopic (exact) mass is 455 g/mol. The fraction of sp³-hybridized carbons (Fsp3) is 0.333. The number of nitrogens with zero attached hydrogens (tertiary/aromatic N) is 1. The molecule has 1 aliphatic carbocycles. The predicted molar refractivity (Wildman–Crippen MR) is 128 cm³/mol. The summed E-state index contributed by atoms with van der Waals surface area (Å²) in [5.41, 5.74) is 2.42. The van der Waals surface area contributed by atoms with E-state index in [0.29, 0.717) is 23.0 Å². The van der Waals surface area contributed by atoms with Crippen LogP contribution < -0.4 is 10.0 Å². The molecule has 32 heavy (non-hydrogen) atoms. The minimum Gasteiger partial charge on any atom is -0.339 e. The van der Waals surface area contributed by atoms with E-state index < -0.39 is 10.0 Å². The number of hydrogen-bond donors (Lipinski definition) is 2. The van der Waals surface area contributed by atoms with Crippen LogP contribution in [0.3, 0.4) is 0 Å². The fourth-order valence-corrected chi connectivity index (χ4v) is 4.33. The lowest BCUT2D eigenvalue weighted by molar-refractivity contribution is -0.111. The number of carbonyl (C=O) groups is 2. The quantitative estimate of drug-likeness (QED) is 0.614. The van der Waals surface area contributed by atoms with E-state index in [-0.39, 0.29) is 11.8 Å². The molecule has 2 aromatic carbocycles. The SMILES string of the molecule is CN(C(=O)c1ccc(NC(=O)/C=C/c2ccc(NS(C)(=O)=O)cc2)cc1)C1CCCCC1. The van der Waals surface area contributed by atoms with Gasteiger partial charge in [-0.05, 0) is 60.9 Å². The summed E-state index contributed by atoms with van der Waals surface area (Å²) >= 11 is 0. The topological polar surface area (TPSA) is 95.6 Å². The highest BCUT2D eigenvalue weighted by Gasteiger charge is 2.22. The van der Waals surface area contributed by atoms with E-state index in [1.807, 2.05) is 11.9 Å². The van der Waals surface area contributed by atoms with Crippen LogP contribution in [0.15, 0.2) is 54.6 Å². The Labute approximate surface area is 189 Å². The maximum absolute atomic E-state index is 12.7. The normalized spacial score (nSPS) is 14.8. The molecule has 2 N–H and O–H groups in total. The highest BCUT2D eigenvalue weighted by molar-refractivity contribution is 7.92. The fourth-order valence-electron chi connectivity index (χ4n) is 3.77. The van der Waals surface area contributed by atoms with Crippen molar-refractivity contribution in [2.24, 2.45) is 0 Å². The van der Waals surface area contributed by atoms with Gasteiger partial charge >= 0.3 is 0 Å². The zero-order chi connectivity index (χ0) is 23.1. The summed E-state index contributed by atoms with van der Waals surface area (Å²) in [5, 5.41) is 2.77. The lowest BCUT2D eigenvalue weighted by atomic mass is 9.94. The molecule has 0 bridgehead atoms. The molecular weight excluding hydrogens is 426 g/mol. The van der Waals surface area contributed by atoms with Crippen LogP contribution in [0.1, 0.15) is 48.0 Å². The van der Waals surface area contributed by atoms with E-state index in [1.54, 1.807) is 54.6 Å². The second-order valence-corrected chi connectivity index (χ2v) is 9.85. The van der Waals surface area contributed by atoms with Crippen LogP contribution in [0, 0.1) is 0 Å². The molecule has 0 saturated heterocycles. The van der Waals surface area contributed by atoms with Crippen molar-refractivity contribution in [2.45, 2.75) is 38.1 Å². The minimum absolute atomic E-state index is 0.00322. The summed E-state index contributed by atoms with van der Waals surface area (Å²) in [4.78, 5) is 26.8. The Morgan fingerprint density at radius 1 is 0.938 bits per heavy atom. The molecule has 0 aromatic heterocycles. The third-order valence-corrected chi connectivity index (χ3v) is 6.09. The molecule has 2 aromatic rings. The number of amides is 2. The van der Waals surface area contributed by atoms with Crippen molar-refractivity contribution in [3.05, 3.63) is 65.7 Å². The van der Waals surface area contributed by atoms with Crippen LogP contribution in [0.4, 0.5) is 11.4 Å². The summed E-state index contributed by atoms with van der Waals surface area (Å²) in [5.74, 6) is -0.301. The molecule has 8 heteroatoms. The minimum atomic E-state index is -3.33. The molecule has 1 aliphatic rings. The maximum atomic E-state index is 12.7. The first-order valence-corrected chi connectivity index (χ1v) is 12.5. The Kier molecular flexibility index (Phi) is 7.69. The summed E-state index contributed by atoms with van der Waals surface area (Å²) in [6, 6.07) is 13.9. The van der Waals surface area contributed by atoms with E-state index in [0.717, 1.165) is 24.7 Å². The van der Waals surface area contributed by atoms with Gasteiger partial charge in [0.15, 0.2) is 0 Å². The number of benzene rings is 2. The number of anilines is 2. The van der Waals surface area contributed by atoms with Crippen molar-refractivity contribution < 1.29 is 18.0 Å². The van der Waals surface area contributed by atoms with Crippen molar-refractivity contribution in [3.8, 4) is 0 Å². The number of hydrogen-bond acceptors (Lipinski definition) is 4. The Hall–Kier alpha value is -3.13. The molecule has 1 fully saturated rings. The van der Waals surface area contributed by atoms with Crippen LogP contribution >= 0.6 is 0 Å². The Morgan fingerprint density at radius 3 is 2.12 bits per heavy atom. The number of sulfonamides is 1. The van der Waals surface area contributed by atoms with E-state index >= 15 is 0 Å². The summed E-state index contributed by atoms with van der Waals surface area (Å²) < 4.78 is 24.9. The average Bonchev–Trinajstić information content (AvgIpc) is 2.78. The van der Waals surface area contributed by atoms with Gasteiger partial charge in [0.2, 0.25) is 15.9 Å². The van der Waals surface area contributed by atoms with Crippen LogP contribution in [-0.2, 0) is 14.8 Å². The van der Waals surface area contributed by atoms with Gasteiger partial charge in [0.05, 0.1) is 6.26 Å². The first-order chi connectivity index (χ1) is 15.2. The van der Waals surface area contributed by atoms with Gasteiger partial charge in [-0.2, -0.15) is 0 Å². The van der Waals surface area contributed by atoms with Crippen molar-refractivity contribution in [1.82, 2.24) is 4.90 Å². The smallest absolute Gasteiger partial charge is 0.253 e. The zero-order valence-corrected chi connectivity index (χ0v) is 19.2. The standard InChI is InChI=1S/C24H29N3O4S/c1-27(22-6-4-3-5-7-22)24(29)19-11-15-20(16-12-19)25-23(28)17-10-18-8-13-21(14-9-18)26-32(2,30)31/h8-17,22,26H,3-7H2,1-2H3,(H,25,28)/b17-10+. The molecule has 0 atom stereocenters. The van der Waals surface area contributed by atoms with Crippen LogP contribution in [0.5, 0.6) is 0 Å². The van der Waals surface area contributed by atoms with Crippen molar-refractivity contribution in [2.75, 3.05) is 23.3 Å². The van der Waals surface area contributed by atoms with Gasteiger partial charge in [0.25, 0.3) is 5.91 Å². The van der Waals surface area contributed by atoms with Crippen molar-refractivity contribution >= 4 is 39.3 Å². The molecule has 0 aliphatic heterocycles. The summed E-state index contributed by atoms with van der Waals surface area (Å²) in [6.45, 7) is 0. The second kappa shape index (κ2) is 10.5. The third-order valence-electron chi connectivity index (χ3n) is 5.48. The largest absolute Gasteiger partial charge is 0.339 e. The lowest BCUT2D eigenvalue weighted by Gasteiger charge is -2.31. The average molecular weight is 456 g/mol. The molecule has 170 valence electrons. The second-order valence-electron chi connectivity index (χ2n) is 8.10. The molecule has 0 unspecified atom stereocenters. The third kappa shape index (κ3) is 6.95. The first kappa shape index (κ1) is 23.5. The van der Waals surface area contributed by atoms with E-state index in [4.69, 9.17) is 0 Å². The molecule has 1 saturated carbocycles. The molecule has 3 rings (SSSR count). The van der Waals surface area contributed by atoms with Crippen LogP contribution in [-0.4, -0.2) is 44.5 Å². The van der Waals surface area contributed by atoms with Crippen LogP contribution in [0.25, 0.3) is 6.08 Å². The molecule has 2 amide bonds. The van der Waals surface area contributed by atoms with Gasteiger partial charge in [-0.1, -0.05) is 31.4 Å². The zero-order valence-electron chi connectivity index (χ0n) is 18.4. The number of carbonyl (C=O) groups excluding carboxylic acids is 2. The Morgan fingerprint density at radius 2 is 1.53 bits per heavy atom. The lowest BCUT2D eigenvalue weighted by Crippen LogP contribution is -2.38. The molecule has 0 radical (unpaired) electrons. The Balaban J connectivity index is 1.54. The van der Waals surface area contributed by atoms with E-state index in [1.165, 1.54) is 25.3 Å². The molecule has 0 spiro atoms. The van der Waals surface area contributed by atoms with E-state index in [9.17, 15) is 18.0 Å². The highest BCUT2D eigenvalue weighted by Crippen LogP contribution is 2.23. The van der Waals surface area contributed by atoms with Gasteiger partial charge in [0, 0.05) is 36.1 Å². The first-order valence-electron chi connectivity index (χ1n) is 10.7. The maximum Gasteiger partial charge on any atom is 0.253 e. The highest BCUT2D eigenvalue weighted by atomic mass is 32.2. The predicted octanol–water partition coefficient (Wildman–Crippen LogP) is 4.11. The van der Waals surface area contributed by atoms with Crippen molar-refractivity contribution in [3.63, 3.8) is 0 Å². The van der Waals surface area contributed by atoms with Gasteiger partial charge in [-0.15, -0.1) is 0 Å². The van der Waals surface area contributed by atoms with Gasteiger partial charge in [-0.3, -0.25) is 14.3 Å². The number of rotatable bonds is 7. The summed E-state index contributed by atoms with van der Waals surface area (Å²) in [6.07, 6.45) is 9.81. The summed E-state index contributed by atoms with van der Waals surface area (Å²) in [7, 11) is -1.46. The van der Waals surface area contributed by atoms with Crippen LogP contribution in [0.2, 0.25) is 0 Å². The van der Waals surface area contributed by atoms with Gasteiger partial charge in [-0.25, -0.2) is 8.42 Å². The molecule has 0 heterocycles. The number of nitrogens with one attached hydrogen (secondary N) is 2. The molecule has 7 nitrogen and oxygen atoms in total. The van der Waals surface area contributed by atoms with Gasteiger partial charge < -0.3 is 10.2 Å². The van der Waals surface area contributed by atoms with Crippen molar-refractivity contribution in [1.29, 1.82) is 0 Å². The Bertz CT molecular complexity index is 1070. The van der Waals surface area contributed by atoms with Gasteiger partial charge in [0.1, 0.15) is 0 Å². The van der Waals surface area contributed by atoms with E-state index in [2.05, 4.69) is 10.0 Å². The molecular formula is C24H29N3O4S.